The Balaban J connectivity index is 2.18. The number of aliphatic hydroxyl groups excluding tert-OH is 1. The maximum Gasteiger partial charge on any atom is 0.340 e. The van der Waals surface area contributed by atoms with Crippen molar-refractivity contribution in [3.05, 3.63) is 84.7 Å². The van der Waals surface area contributed by atoms with Crippen molar-refractivity contribution in [3.63, 3.8) is 0 Å². The first-order chi connectivity index (χ1) is 12.3. The van der Waals surface area contributed by atoms with E-state index in [2.05, 4.69) is 0 Å². The molecule has 0 radical (unpaired) electrons. The fourth-order valence-electron chi connectivity index (χ4n) is 2.97. The van der Waals surface area contributed by atoms with Crippen molar-refractivity contribution in [2.24, 2.45) is 0 Å². The minimum atomic E-state index is -0.678. The van der Waals surface area contributed by atoms with Crippen molar-refractivity contribution in [1.29, 1.82) is 0 Å². The van der Waals surface area contributed by atoms with Gasteiger partial charge in [0.25, 0.3) is 5.69 Å². The van der Waals surface area contributed by atoms with Crippen molar-refractivity contribution in [2.45, 2.75) is 25.9 Å². The van der Waals surface area contributed by atoms with E-state index in [1.165, 1.54) is 12.1 Å². The number of hydrogen-bond donors (Lipinski definition) is 1. The van der Waals surface area contributed by atoms with E-state index in [0.29, 0.717) is 32.7 Å². The predicted molar refractivity (Wildman–Crippen MR) is 98.8 cm³/mol. The molecule has 0 aliphatic heterocycles. The number of rotatable bonds is 5. The maximum absolute atomic E-state index is 12.5. The lowest BCUT2D eigenvalue weighted by Gasteiger charge is -2.13. The van der Waals surface area contributed by atoms with Crippen molar-refractivity contribution in [2.75, 3.05) is 0 Å². The predicted octanol–water partition coefficient (Wildman–Crippen LogP) is 3.87. The summed E-state index contributed by atoms with van der Waals surface area (Å²) in [6.45, 7) is 1.63. The van der Waals surface area contributed by atoms with E-state index in [9.17, 15) is 20.0 Å². The van der Waals surface area contributed by atoms with Gasteiger partial charge in [0.1, 0.15) is 5.58 Å². The summed E-state index contributed by atoms with van der Waals surface area (Å²) >= 11 is 6.08. The number of nitrogens with zero attached hydrogens (tertiary/aromatic N) is 1. The van der Waals surface area contributed by atoms with Crippen LogP contribution in [-0.4, -0.2) is 16.1 Å². The SMILES string of the molecule is CC(O)Cc1c(Cc2cccc([N+](=O)[O-])c2)c(=O)oc2ccc(Cl)cc12. The summed E-state index contributed by atoms with van der Waals surface area (Å²) in [5.74, 6) is 0. The lowest BCUT2D eigenvalue weighted by atomic mass is 9.95. The second-order valence-corrected chi connectivity index (χ2v) is 6.58. The first-order valence-corrected chi connectivity index (χ1v) is 8.38. The third-order valence-corrected chi connectivity index (χ3v) is 4.32. The number of non-ortho nitro benzene ring substituents is 1. The molecular formula is C19H16ClNO5. The topological polar surface area (TPSA) is 93.6 Å². The molecule has 0 saturated heterocycles. The Morgan fingerprint density at radius 1 is 1.23 bits per heavy atom. The fourth-order valence-corrected chi connectivity index (χ4v) is 3.14. The Hall–Kier alpha value is -2.70. The Kier molecular flexibility index (Phi) is 5.06. The van der Waals surface area contributed by atoms with Crippen LogP contribution in [-0.2, 0) is 12.8 Å². The molecule has 0 bridgehead atoms. The molecular weight excluding hydrogens is 358 g/mol. The van der Waals surface area contributed by atoms with E-state index in [-0.39, 0.29) is 18.5 Å². The summed E-state index contributed by atoms with van der Waals surface area (Å²) < 4.78 is 5.39. The molecule has 1 unspecified atom stereocenters. The Bertz CT molecular complexity index is 1040. The fraction of sp³-hybridized carbons (Fsp3) is 0.211. The molecule has 6 nitrogen and oxygen atoms in total. The summed E-state index contributed by atoms with van der Waals surface area (Å²) in [4.78, 5) is 23.0. The van der Waals surface area contributed by atoms with Crippen LogP contribution in [0.3, 0.4) is 0 Å². The monoisotopic (exact) mass is 373 g/mol. The molecule has 7 heteroatoms. The minimum absolute atomic E-state index is 0.0483. The van der Waals surface area contributed by atoms with E-state index in [1.807, 2.05) is 0 Å². The molecule has 3 aromatic rings. The van der Waals surface area contributed by atoms with E-state index in [4.69, 9.17) is 16.0 Å². The largest absolute Gasteiger partial charge is 0.423 e. The normalized spacial score (nSPS) is 12.3. The Morgan fingerprint density at radius 2 is 2.00 bits per heavy atom. The van der Waals surface area contributed by atoms with Gasteiger partial charge in [-0.2, -0.15) is 0 Å². The second kappa shape index (κ2) is 7.27. The molecule has 0 spiro atoms. The maximum atomic E-state index is 12.5. The van der Waals surface area contributed by atoms with Crippen LogP contribution in [0.25, 0.3) is 11.0 Å². The Morgan fingerprint density at radius 3 is 2.69 bits per heavy atom. The van der Waals surface area contributed by atoms with Gasteiger partial charge in [-0.05, 0) is 42.7 Å². The average molecular weight is 374 g/mol. The van der Waals surface area contributed by atoms with Crippen LogP contribution in [0.1, 0.15) is 23.6 Å². The molecule has 0 fully saturated rings. The van der Waals surface area contributed by atoms with Gasteiger partial charge in [0, 0.05) is 34.5 Å². The quantitative estimate of drug-likeness (QED) is 0.416. The molecule has 1 N–H and O–H groups in total. The van der Waals surface area contributed by atoms with Crippen LogP contribution in [0, 0.1) is 10.1 Å². The smallest absolute Gasteiger partial charge is 0.340 e. The average Bonchev–Trinajstić information content (AvgIpc) is 2.58. The van der Waals surface area contributed by atoms with Crippen molar-refractivity contribution in [3.8, 4) is 0 Å². The summed E-state index contributed by atoms with van der Waals surface area (Å²) in [6, 6.07) is 11.0. The molecule has 0 saturated carbocycles. The van der Waals surface area contributed by atoms with E-state index >= 15 is 0 Å². The van der Waals surface area contributed by atoms with Crippen molar-refractivity contribution < 1.29 is 14.4 Å². The van der Waals surface area contributed by atoms with E-state index < -0.39 is 16.7 Å². The lowest BCUT2D eigenvalue weighted by molar-refractivity contribution is -0.384. The number of nitro groups is 1. The van der Waals surface area contributed by atoms with Gasteiger partial charge in [-0.15, -0.1) is 0 Å². The molecule has 1 atom stereocenters. The highest BCUT2D eigenvalue weighted by Gasteiger charge is 2.18. The zero-order chi connectivity index (χ0) is 18.8. The van der Waals surface area contributed by atoms with Gasteiger partial charge in [-0.3, -0.25) is 10.1 Å². The molecule has 134 valence electrons. The standard InChI is InChI=1S/C19H16ClNO5/c1-11(22)7-15-16-10-13(20)5-6-18(16)26-19(23)17(15)9-12-3-2-4-14(8-12)21(24)25/h2-6,8,10-11,22H,7,9H2,1H3. The van der Waals surface area contributed by atoms with Gasteiger partial charge in [-0.1, -0.05) is 23.7 Å². The first kappa shape index (κ1) is 18.1. The highest BCUT2D eigenvalue weighted by atomic mass is 35.5. The van der Waals surface area contributed by atoms with Crippen LogP contribution in [0.5, 0.6) is 0 Å². The number of benzene rings is 2. The van der Waals surface area contributed by atoms with E-state index in [0.717, 1.165) is 0 Å². The number of nitro benzene ring substituents is 1. The second-order valence-electron chi connectivity index (χ2n) is 6.14. The Labute approximate surface area is 153 Å². The summed E-state index contributed by atoms with van der Waals surface area (Å²) in [5.41, 5.74) is 1.42. The van der Waals surface area contributed by atoms with Crippen LogP contribution in [0.4, 0.5) is 5.69 Å². The summed E-state index contributed by atoms with van der Waals surface area (Å²) in [6.07, 6.45) is -0.274. The number of hydrogen-bond acceptors (Lipinski definition) is 5. The van der Waals surface area contributed by atoms with Crippen molar-refractivity contribution in [1.82, 2.24) is 0 Å². The molecule has 0 aliphatic rings. The highest BCUT2D eigenvalue weighted by molar-refractivity contribution is 6.31. The van der Waals surface area contributed by atoms with Crippen molar-refractivity contribution >= 4 is 28.3 Å². The van der Waals surface area contributed by atoms with Gasteiger partial charge in [0.15, 0.2) is 0 Å². The molecule has 26 heavy (non-hydrogen) atoms. The number of fused-ring (bicyclic) bond motifs is 1. The molecule has 0 amide bonds. The molecule has 1 heterocycles. The minimum Gasteiger partial charge on any atom is -0.423 e. The van der Waals surface area contributed by atoms with Gasteiger partial charge < -0.3 is 9.52 Å². The van der Waals surface area contributed by atoms with E-state index in [1.54, 1.807) is 37.3 Å². The molecule has 3 rings (SSSR count). The summed E-state index contributed by atoms with van der Waals surface area (Å²) in [7, 11) is 0. The van der Waals surface area contributed by atoms with Crippen LogP contribution < -0.4 is 5.63 Å². The zero-order valence-electron chi connectivity index (χ0n) is 13.9. The van der Waals surface area contributed by atoms with Crippen LogP contribution >= 0.6 is 11.6 Å². The number of halogens is 1. The summed E-state index contributed by atoms with van der Waals surface area (Å²) in [5, 5.41) is 22.0. The molecule has 0 aliphatic carbocycles. The molecule has 1 aromatic heterocycles. The van der Waals surface area contributed by atoms with Crippen LogP contribution in [0.15, 0.2) is 51.7 Å². The van der Waals surface area contributed by atoms with Gasteiger partial charge in [-0.25, -0.2) is 4.79 Å². The lowest BCUT2D eigenvalue weighted by Crippen LogP contribution is -2.16. The van der Waals surface area contributed by atoms with Gasteiger partial charge >= 0.3 is 5.63 Å². The third kappa shape index (κ3) is 3.76. The highest BCUT2D eigenvalue weighted by Crippen LogP contribution is 2.27. The zero-order valence-corrected chi connectivity index (χ0v) is 14.7. The van der Waals surface area contributed by atoms with Gasteiger partial charge in [0.2, 0.25) is 0 Å². The first-order valence-electron chi connectivity index (χ1n) is 8.00. The van der Waals surface area contributed by atoms with Crippen LogP contribution in [0.2, 0.25) is 5.02 Å². The third-order valence-electron chi connectivity index (χ3n) is 4.08. The number of aliphatic hydroxyl groups is 1. The van der Waals surface area contributed by atoms with Gasteiger partial charge in [0.05, 0.1) is 11.0 Å². The molecule has 2 aromatic carbocycles.